The highest BCUT2D eigenvalue weighted by molar-refractivity contribution is 7.92. The lowest BCUT2D eigenvalue weighted by Gasteiger charge is -2.22. The minimum Gasteiger partial charge on any atom is -0.376 e. The van der Waals surface area contributed by atoms with Gasteiger partial charge in [-0.3, -0.25) is 0 Å². The maximum atomic E-state index is 11.6. The molecule has 2 aliphatic heterocycles. The van der Waals surface area contributed by atoms with Crippen LogP contribution in [0, 0.1) is 5.41 Å². The maximum absolute atomic E-state index is 11.6. The Hall–Kier alpha value is -0.0900. The maximum Gasteiger partial charge on any atom is 0.156 e. The molecule has 2 rings (SSSR count). The zero-order valence-corrected chi connectivity index (χ0v) is 8.23. The van der Waals surface area contributed by atoms with Crippen molar-refractivity contribution < 1.29 is 13.2 Å². The van der Waals surface area contributed by atoms with Gasteiger partial charge in [0, 0.05) is 12.0 Å². The Balaban J connectivity index is 2.42. The average molecular weight is 190 g/mol. The summed E-state index contributed by atoms with van der Waals surface area (Å²) in [6.45, 7) is 4.55. The first-order valence-corrected chi connectivity index (χ1v) is 5.98. The standard InChI is InChI=1S/C8H14O3S/c1-8(2)5-12(9,10)6-3-4-11-7(6)8/h6-7H,3-5H2,1-2H3. The molecule has 0 bridgehead atoms. The summed E-state index contributed by atoms with van der Waals surface area (Å²) in [5, 5.41) is -0.215. The lowest BCUT2D eigenvalue weighted by atomic mass is 9.88. The van der Waals surface area contributed by atoms with Gasteiger partial charge in [0.2, 0.25) is 0 Å². The highest BCUT2D eigenvalue weighted by atomic mass is 32.2. The molecule has 2 fully saturated rings. The summed E-state index contributed by atoms with van der Waals surface area (Å²) < 4.78 is 28.6. The van der Waals surface area contributed by atoms with Gasteiger partial charge in [-0.25, -0.2) is 8.42 Å². The minimum absolute atomic E-state index is 0.0532. The largest absolute Gasteiger partial charge is 0.376 e. The van der Waals surface area contributed by atoms with Gasteiger partial charge < -0.3 is 4.74 Å². The van der Waals surface area contributed by atoms with Crippen LogP contribution in [0.5, 0.6) is 0 Å². The van der Waals surface area contributed by atoms with Gasteiger partial charge in [0.15, 0.2) is 9.84 Å². The van der Waals surface area contributed by atoms with Crippen molar-refractivity contribution in [1.29, 1.82) is 0 Å². The molecule has 0 aliphatic carbocycles. The summed E-state index contributed by atoms with van der Waals surface area (Å²) in [5.41, 5.74) is -0.181. The summed E-state index contributed by atoms with van der Waals surface area (Å²) in [5.74, 6) is 0.287. The Morgan fingerprint density at radius 2 is 2.08 bits per heavy atom. The summed E-state index contributed by atoms with van der Waals surface area (Å²) in [6.07, 6.45) is 0.638. The van der Waals surface area contributed by atoms with Gasteiger partial charge in [-0.2, -0.15) is 0 Å². The van der Waals surface area contributed by atoms with E-state index in [1.54, 1.807) is 0 Å². The molecular weight excluding hydrogens is 176 g/mol. The lowest BCUT2D eigenvalue weighted by Crippen LogP contribution is -2.30. The molecule has 0 aromatic rings. The Morgan fingerprint density at radius 1 is 1.42 bits per heavy atom. The first-order valence-electron chi connectivity index (χ1n) is 4.27. The summed E-state index contributed by atoms with van der Waals surface area (Å²) in [7, 11) is -2.86. The van der Waals surface area contributed by atoms with Gasteiger partial charge in [-0.05, 0) is 6.42 Å². The van der Waals surface area contributed by atoms with E-state index in [1.165, 1.54) is 0 Å². The van der Waals surface area contributed by atoms with Crippen LogP contribution in [0.15, 0.2) is 0 Å². The highest BCUT2D eigenvalue weighted by Crippen LogP contribution is 2.43. The molecule has 70 valence electrons. The second-order valence-electron chi connectivity index (χ2n) is 4.41. The SMILES string of the molecule is CC1(C)CS(=O)(=O)C2CCOC21. The molecule has 2 atom stereocenters. The molecule has 2 heterocycles. The molecule has 3 nitrogen and oxygen atoms in total. The van der Waals surface area contributed by atoms with E-state index in [-0.39, 0.29) is 22.5 Å². The van der Waals surface area contributed by atoms with Gasteiger partial charge >= 0.3 is 0 Å². The van der Waals surface area contributed by atoms with Gasteiger partial charge in [-0.15, -0.1) is 0 Å². The first-order chi connectivity index (χ1) is 5.43. The van der Waals surface area contributed by atoms with Crippen molar-refractivity contribution in [3.63, 3.8) is 0 Å². The molecule has 0 spiro atoms. The molecule has 0 radical (unpaired) electrons. The van der Waals surface area contributed by atoms with E-state index in [0.717, 1.165) is 0 Å². The molecule has 2 aliphatic rings. The van der Waals surface area contributed by atoms with Crippen LogP contribution in [0.2, 0.25) is 0 Å². The van der Waals surface area contributed by atoms with Crippen molar-refractivity contribution in [2.24, 2.45) is 5.41 Å². The Bertz CT molecular complexity index is 291. The van der Waals surface area contributed by atoms with E-state index in [2.05, 4.69) is 0 Å². The molecule has 2 saturated heterocycles. The number of hydrogen-bond donors (Lipinski definition) is 0. The minimum atomic E-state index is -2.86. The molecule has 0 aromatic heterocycles. The quantitative estimate of drug-likeness (QED) is 0.562. The van der Waals surface area contributed by atoms with Crippen molar-refractivity contribution in [2.45, 2.75) is 31.6 Å². The number of fused-ring (bicyclic) bond motifs is 1. The van der Waals surface area contributed by atoms with E-state index in [4.69, 9.17) is 4.74 Å². The summed E-state index contributed by atoms with van der Waals surface area (Å²) >= 11 is 0. The Kier molecular flexibility index (Phi) is 1.58. The number of hydrogen-bond acceptors (Lipinski definition) is 3. The Labute approximate surface area is 73.0 Å². The van der Waals surface area contributed by atoms with Crippen LogP contribution in [0.1, 0.15) is 20.3 Å². The third kappa shape index (κ3) is 1.01. The van der Waals surface area contributed by atoms with Crippen LogP contribution in [0.3, 0.4) is 0 Å². The molecule has 0 N–H and O–H groups in total. The predicted molar refractivity (Wildman–Crippen MR) is 45.7 cm³/mol. The summed E-state index contributed by atoms with van der Waals surface area (Å²) in [4.78, 5) is 0. The first kappa shape index (κ1) is 8.51. The van der Waals surface area contributed by atoms with Crippen LogP contribution >= 0.6 is 0 Å². The zero-order valence-electron chi connectivity index (χ0n) is 7.41. The van der Waals surface area contributed by atoms with E-state index < -0.39 is 9.84 Å². The van der Waals surface area contributed by atoms with E-state index in [0.29, 0.717) is 13.0 Å². The van der Waals surface area contributed by atoms with Gasteiger partial charge in [-0.1, -0.05) is 13.8 Å². The van der Waals surface area contributed by atoms with Gasteiger partial charge in [0.25, 0.3) is 0 Å². The Morgan fingerprint density at radius 3 is 2.67 bits per heavy atom. The fourth-order valence-electron chi connectivity index (χ4n) is 2.37. The third-order valence-corrected chi connectivity index (χ3v) is 5.39. The normalized spacial score (nSPS) is 42.8. The van der Waals surface area contributed by atoms with Gasteiger partial charge in [0.1, 0.15) is 0 Å². The van der Waals surface area contributed by atoms with Crippen molar-refractivity contribution in [1.82, 2.24) is 0 Å². The van der Waals surface area contributed by atoms with Crippen molar-refractivity contribution in [3.05, 3.63) is 0 Å². The second kappa shape index (κ2) is 2.23. The van der Waals surface area contributed by atoms with Crippen LogP contribution < -0.4 is 0 Å². The molecule has 0 saturated carbocycles. The molecule has 0 amide bonds. The highest BCUT2D eigenvalue weighted by Gasteiger charge is 2.54. The van der Waals surface area contributed by atoms with E-state index in [9.17, 15) is 8.42 Å². The smallest absolute Gasteiger partial charge is 0.156 e. The van der Waals surface area contributed by atoms with Crippen molar-refractivity contribution in [3.8, 4) is 0 Å². The van der Waals surface area contributed by atoms with Crippen molar-refractivity contribution >= 4 is 9.84 Å². The second-order valence-corrected chi connectivity index (χ2v) is 6.63. The fraction of sp³-hybridized carbons (Fsp3) is 1.00. The number of rotatable bonds is 0. The van der Waals surface area contributed by atoms with E-state index >= 15 is 0 Å². The van der Waals surface area contributed by atoms with Crippen LogP contribution in [0.25, 0.3) is 0 Å². The molecule has 4 heteroatoms. The van der Waals surface area contributed by atoms with Crippen LogP contribution in [0.4, 0.5) is 0 Å². The average Bonchev–Trinajstić information content (AvgIpc) is 2.34. The predicted octanol–water partition coefficient (Wildman–Crippen LogP) is 0.599. The van der Waals surface area contributed by atoms with Crippen LogP contribution in [-0.4, -0.2) is 32.1 Å². The molecule has 0 aromatic carbocycles. The summed E-state index contributed by atoms with van der Waals surface area (Å²) in [6, 6.07) is 0. The number of ether oxygens (including phenoxy) is 1. The monoisotopic (exact) mass is 190 g/mol. The van der Waals surface area contributed by atoms with Gasteiger partial charge in [0.05, 0.1) is 17.1 Å². The van der Waals surface area contributed by atoms with E-state index in [1.807, 2.05) is 13.8 Å². The molecule has 12 heavy (non-hydrogen) atoms. The molecular formula is C8H14O3S. The lowest BCUT2D eigenvalue weighted by molar-refractivity contribution is 0.0401. The topological polar surface area (TPSA) is 43.4 Å². The zero-order chi connectivity index (χ0) is 8.98. The fourth-order valence-corrected chi connectivity index (χ4v) is 5.07. The van der Waals surface area contributed by atoms with Crippen molar-refractivity contribution in [2.75, 3.05) is 12.4 Å². The third-order valence-electron chi connectivity index (χ3n) is 2.84. The number of sulfone groups is 1. The van der Waals surface area contributed by atoms with Crippen LogP contribution in [-0.2, 0) is 14.6 Å². The molecule has 2 unspecified atom stereocenters.